The molecule has 0 spiro atoms. The smallest absolute Gasteiger partial charge is 0.199 e. The average Bonchev–Trinajstić information content (AvgIpc) is 2.95. The van der Waals surface area contributed by atoms with Crippen LogP contribution >= 0.6 is 0 Å². The van der Waals surface area contributed by atoms with Gasteiger partial charge in [-0.05, 0) is 30.5 Å². The quantitative estimate of drug-likeness (QED) is 0.177. The molecule has 0 saturated carbocycles. The van der Waals surface area contributed by atoms with E-state index in [4.69, 9.17) is 4.74 Å². The molecule has 1 heterocycles. The van der Waals surface area contributed by atoms with Crippen LogP contribution < -0.4 is 4.74 Å². The highest BCUT2D eigenvalue weighted by Crippen LogP contribution is 2.43. The van der Waals surface area contributed by atoms with Crippen molar-refractivity contribution in [1.29, 1.82) is 0 Å². The maximum atomic E-state index is 13.1. The molecule has 0 fully saturated rings. The summed E-state index contributed by atoms with van der Waals surface area (Å²) in [7, 11) is 0. The number of carbonyl (C=O) groups is 1. The summed E-state index contributed by atoms with van der Waals surface area (Å²) in [5.74, 6) is 0.340. The second kappa shape index (κ2) is 17.5. The van der Waals surface area contributed by atoms with Crippen molar-refractivity contribution < 1.29 is 14.6 Å². The number of carbonyl (C=O) groups excluding carboxylic acids is 1. The Bertz CT molecular complexity index is 908. The number of unbranched alkanes of at least 4 members (excludes halogenated alkanes) is 17. The third-order valence-corrected chi connectivity index (χ3v) is 8.30. The molecule has 0 aliphatic carbocycles. The Hall–Kier alpha value is -2.13. The van der Waals surface area contributed by atoms with E-state index in [2.05, 4.69) is 6.92 Å². The van der Waals surface area contributed by atoms with Gasteiger partial charge in [-0.3, -0.25) is 4.79 Å². The molecule has 0 aromatic heterocycles. The third-order valence-electron chi connectivity index (χ3n) is 8.30. The van der Waals surface area contributed by atoms with Crippen molar-refractivity contribution in [3.05, 3.63) is 65.7 Å². The number of Topliss-reactive ketones (excluding diaryl/α,β-unsaturated/α-hetero) is 1. The Kier molecular flexibility index (Phi) is 14.0. The number of aliphatic hydroxyl groups is 1. The SMILES string of the molecule is CCCCCCCCCCCCCCCCCCCCC1(c2ccccc2)Oc2ccccc2C(=O)C1O. The van der Waals surface area contributed by atoms with Gasteiger partial charge in [0.15, 0.2) is 17.5 Å². The van der Waals surface area contributed by atoms with Crippen LogP contribution in [0.5, 0.6) is 5.75 Å². The zero-order chi connectivity index (χ0) is 26.9. The summed E-state index contributed by atoms with van der Waals surface area (Å²) in [6, 6.07) is 17.1. The van der Waals surface area contributed by atoms with Crippen LogP contribution in [0, 0.1) is 0 Å². The van der Waals surface area contributed by atoms with E-state index in [1.165, 1.54) is 103 Å². The number of rotatable bonds is 20. The van der Waals surface area contributed by atoms with Crippen molar-refractivity contribution in [2.24, 2.45) is 0 Å². The number of hydrogen-bond donors (Lipinski definition) is 1. The van der Waals surface area contributed by atoms with Gasteiger partial charge >= 0.3 is 0 Å². The minimum absolute atomic E-state index is 0.238. The van der Waals surface area contributed by atoms with Gasteiger partial charge in [-0.15, -0.1) is 0 Å². The summed E-state index contributed by atoms with van der Waals surface area (Å²) in [4.78, 5) is 13.1. The number of hydrogen-bond acceptors (Lipinski definition) is 3. The lowest BCUT2D eigenvalue weighted by Gasteiger charge is -2.42. The third kappa shape index (κ3) is 9.26. The van der Waals surface area contributed by atoms with Gasteiger partial charge in [0.05, 0.1) is 5.56 Å². The molecule has 3 rings (SSSR count). The molecule has 2 unspecified atom stereocenters. The lowest BCUT2D eigenvalue weighted by atomic mass is 9.78. The molecule has 2 aromatic rings. The molecule has 0 bridgehead atoms. The average molecular weight is 521 g/mol. The van der Waals surface area contributed by atoms with Gasteiger partial charge in [0.25, 0.3) is 0 Å². The van der Waals surface area contributed by atoms with Crippen LogP contribution in [-0.2, 0) is 5.60 Å². The summed E-state index contributed by atoms with van der Waals surface area (Å²) in [5, 5.41) is 11.2. The first-order valence-electron chi connectivity index (χ1n) is 15.7. The van der Waals surface area contributed by atoms with Crippen molar-refractivity contribution in [3.8, 4) is 5.75 Å². The van der Waals surface area contributed by atoms with E-state index in [0.717, 1.165) is 18.4 Å². The summed E-state index contributed by atoms with van der Waals surface area (Å²) in [6.07, 6.45) is 23.5. The van der Waals surface area contributed by atoms with E-state index < -0.39 is 11.7 Å². The van der Waals surface area contributed by atoms with Crippen LogP contribution in [0.15, 0.2) is 54.6 Å². The van der Waals surface area contributed by atoms with E-state index >= 15 is 0 Å². The highest BCUT2D eigenvalue weighted by molar-refractivity contribution is 6.03. The van der Waals surface area contributed by atoms with Crippen molar-refractivity contribution in [1.82, 2.24) is 0 Å². The number of benzene rings is 2. The largest absolute Gasteiger partial charge is 0.479 e. The molecule has 38 heavy (non-hydrogen) atoms. The molecular weight excluding hydrogens is 468 g/mol. The Labute approximate surface area is 232 Å². The Morgan fingerprint density at radius 2 is 1.08 bits per heavy atom. The first-order chi connectivity index (χ1) is 18.7. The topological polar surface area (TPSA) is 46.5 Å². The summed E-state index contributed by atoms with van der Waals surface area (Å²) < 4.78 is 6.45. The molecule has 2 atom stereocenters. The normalized spacial score (nSPS) is 18.8. The van der Waals surface area contributed by atoms with Crippen molar-refractivity contribution in [2.45, 2.75) is 141 Å². The first-order valence-corrected chi connectivity index (χ1v) is 15.7. The molecule has 210 valence electrons. The molecular formula is C35H52O3. The minimum atomic E-state index is -1.19. The van der Waals surface area contributed by atoms with Crippen LogP contribution in [0.25, 0.3) is 0 Å². The van der Waals surface area contributed by atoms with Gasteiger partial charge in [0, 0.05) is 0 Å². The van der Waals surface area contributed by atoms with Crippen molar-refractivity contribution >= 4 is 5.78 Å². The predicted octanol–water partition coefficient (Wildman–Crippen LogP) is 9.95. The van der Waals surface area contributed by atoms with Crippen LogP contribution in [0.2, 0.25) is 0 Å². The van der Waals surface area contributed by atoms with E-state index in [-0.39, 0.29) is 5.78 Å². The number of ether oxygens (including phenoxy) is 1. The molecule has 2 aromatic carbocycles. The van der Waals surface area contributed by atoms with E-state index in [1.54, 1.807) is 6.07 Å². The van der Waals surface area contributed by atoms with Crippen LogP contribution in [0.4, 0.5) is 0 Å². The van der Waals surface area contributed by atoms with Gasteiger partial charge in [0.1, 0.15) is 5.75 Å². The van der Waals surface area contributed by atoms with E-state index in [9.17, 15) is 9.90 Å². The summed E-state index contributed by atoms with van der Waals surface area (Å²) >= 11 is 0. The van der Waals surface area contributed by atoms with Crippen molar-refractivity contribution in [3.63, 3.8) is 0 Å². The highest BCUT2D eigenvalue weighted by atomic mass is 16.5. The predicted molar refractivity (Wildman–Crippen MR) is 159 cm³/mol. The maximum Gasteiger partial charge on any atom is 0.199 e. The van der Waals surface area contributed by atoms with E-state index in [1.807, 2.05) is 48.5 Å². The van der Waals surface area contributed by atoms with Gasteiger partial charge in [-0.2, -0.15) is 0 Å². The Morgan fingerprint density at radius 1 is 0.632 bits per heavy atom. The number of para-hydroxylation sites is 1. The van der Waals surface area contributed by atoms with Crippen LogP contribution in [0.1, 0.15) is 145 Å². The second-order valence-corrected chi connectivity index (χ2v) is 11.4. The fraction of sp³-hybridized carbons (Fsp3) is 0.629. The molecule has 3 heteroatoms. The molecule has 0 saturated heterocycles. The van der Waals surface area contributed by atoms with Crippen LogP contribution in [0.3, 0.4) is 0 Å². The van der Waals surface area contributed by atoms with Gasteiger partial charge < -0.3 is 9.84 Å². The van der Waals surface area contributed by atoms with Crippen molar-refractivity contribution in [2.75, 3.05) is 0 Å². The standard InChI is InChI=1S/C35H52O3/c1-2-3-4-5-6-7-8-9-10-11-12-13-14-15-16-17-18-24-29-35(30-25-20-19-21-26-30)34(37)33(36)31-27-22-23-28-32(31)38-35/h19-23,25-28,34,37H,2-18,24,29H2,1H3. The highest BCUT2D eigenvalue weighted by Gasteiger charge is 2.49. The zero-order valence-electron chi connectivity index (χ0n) is 24.0. The number of ketones is 1. The fourth-order valence-electron chi connectivity index (χ4n) is 5.93. The van der Waals surface area contributed by atoms with Gasteiger partial charge in [0.2, 0.25) is 0 Å². The molecule has 1 aliphatic heterocycles. The molecule has 0 amide bonds. The molecule has 1 aliphatic rings. The zero-order valence-corrected chi connectivity index (χ0v) is 24.0. The number of aliphatic hydroxyl groups excluding tert-OH is 1. The minimum Gasteiger partial charge on any atom is -0.479 e. The summed E-state index contributed by atoms with van der Waals surface area (Å²) in [5.41, 5.74) is 0.341. The van der Waals surface area contributed by atoms with Gasteiger partial charge in [-0.25, -0.2) is 0 Å². The molecule has 3 nitrogen and oxygen atoms in total. The summed E-state index contributed by atoms with van der Waals surface area (Å²) in [6.45, 7) is 2.28. The lowest BCUT2D eigenvalue weighted by molar-refractivity contribution is -0.0594. The number of fused-ring (bicyclic) bond motifs is 1. The maximum absolute atomic E-state index is 13.1. The van der Waals surface area contributed by atoms with E-state index in [0.29, 0.717) is 17.7 Å². The molecule has 0 radical (unpaired) electrons. The Morgan fingerprint density at radius 3 is 1.61 bits per heavy atom. The van der Waals surface area contributed by atoms with Crippen LogP contribution in [-0.4, -0.2) is 17.0 Å². The monoisotopic (exact) mass is 520 g/mol. The fourth-order valence-corrected chi connectivity index (χ4v) is 5.93. The first kappa shape index (κ1) is 30.4. The Balaban J connectivity index is 1.28. The molecule has 1 N–H and O–H groups in total. The second-order valence-electron chi connectivity index (χ2n) is 11.4. The van der Waals surface area contributed by atoms with Gasteiger partial charge in [-0.1, -0.05) is 159 Å². The lowest BCUT2D eigenvalue weighted by Crippen LogP contribution is -2.52.